The fraction of sp³-hybridized carbons (Fsp3) is 1.00. The fourth-order valence-corrected chi connectivity index (χ4v) is 0.967. The molecule has 1 heterocycles. The summed E-state index contributed by atoms with van der Waals surface area (Å²) in [6.07, 6.45) is 0.268. The van der Waals surface area contributed by atoms with Crippen molar-refractivity contribution in [3.63, 3.8) is 0 Å². The van der Waals surface area contributed by atoms with Crippen molar-refractivity contribution in [2.24, 2.45) is 0 Å². The molecule has 0 aromatic rings. The van der Waals surface area contributed by atoms with Gasteiger partial charge in [-0.15, -0.1) is 0 Å². The van der Waals surface area contributed by atoms with Crippen molar-refractivity contribution in [1.29, 1.82) is 0 Å². The molecule has 0 aliphatic carbocycles. The summed E-state index contributed by atoms with van der Waals surface area (Å²) in [6, 6.07) is 0. The number of hydrogen-bond donors (Lipinski definition) is 0. The van der Waals surface area contributed by atoms with Crippen LogP contribution in [-0.4, -0.2) is 19.8 Å². The first-order chi connectivity index (χ1) is 4.50. The molecule has 0 radical (unpaired) electrons. The standard InChI is InChI=1S/C7H15BO2/c1-6-5-9-8(10-6)7(2,3)4/h6H,5H2,1-4H3. The van der Waals surface area contributed by atoms with Crippen LogP contribution in [0, 0.1) is 0 Å². The van der Waals surface area contributed by atoms with Gasteiger partial charge < -0.3 is 9.31 Å². The predicted octanol–water partition coefficient (Wildman–Crippen LogP) is 1.71. The van der Waals surface area contributed by atoms with Gasteiger partial charge in [-0.1, -0.05) is 20.8 Å². The van der Waals surface area contributed by atoms with Crippen molar-refractivity contribution in [2.75, 3.05) is 6.61 Å². The summed E-state index contributed by atoms with van der Waals surface area (Å²) in [6.45, 7) is 9.13. The molecule has 0 bridgehead atoms. The minimum Gasteiger partial charge on any atom is -0.408 e. The van der Waals surface area contributed by atoms with Crippen LogP contribution in [0.2, 0.25) is 5.31 Å². The maximum absolute atomic E-state index is 5.50. The lowest BCUT2D eigenvalue weighted by Crippen LogP contribution is -2.27. The van der Waals surface area contributed by atoms with Gasteiger partial charge in [0.2, 0.25) is 0 Å². The van der Waals surface area contributed by atoms with E-state index in [-0.39, 0.29) is 18.5 Å². The molecule has 0 aromatic heterocycles. The monoisotopic (exact) mass is 142 g/mol. The molecule has 1 aliphatic heterocycles. The molecule has 0 saturated carbocycles. The minimum atomic E-state index is -0.0116. The Balaban J connectivity index is 2.45. The fourth-order valence-electron chi connectivity index (χ4n) is 0.967. The van der Waals surface area contributed by atoms with Gasteiger partial charge in [0.1, 0.15) is 0 Å². The Hall–Kier alpha value is -0.0151. The SMILES string of the molecule is CC1COB(C(C)(C)C)O1. The van der Waals surface area contributed by atoms with E-state index >= 15 is 0 Å². The van der Waals surface area contributed by atoms with Crippen molar-refractivity contribution in [1.82, 2.24) is 0 Å². The molecule has 2 nitrogen and oxygen atoms in total. The first-order valence-corrected chi connectivity index (χ1v) is 3.77. The third kappa shape index (κ3) is 1.73. The van der Waals surface area contributed by atoms with Crippen LogP contribution in [0.5, 0.6) is 0 Å². The minimum absolute atomic E-state index is 0.0116. The molecule has 1 saturated heterocycles. The average Bonchev–Trinajstić information content (AvgIpc) is 2.11. The van der Waals surface area contributed by atoms with E-state index in [4.69, 9.17) is 9.31 Å². The van der Waals surface area contributed by atoms with E-state index in [1.807, 2.05) is 6.92 Å². The Morgan fingerprint density at radius 1 is 1.40 bits per heavy atom. The molecular formula is C7H15BO2. The van der Waals surface area contributed by atoms with E-state index in [1.165, 1.54) is 0 Å². The lowest BCUT2D eigenvalue weighted by atomic mass is 9.61. The second kappa shape index (κ2) is 2.55. The van der Waals surface area contributed by atoms with Gasteiger partial charge in [0.15, 0.2) is 0 Å². The topological polar surface area (TPSA) is 18.5 Å². The van der Waals surface area contributed by atoms with Gasteiger partial charge in [-0.2, -0.15) is 0 Å². The molecule has 1 unspecified atom stereocenters. The van der Waals surface area contributed by atoms with Gasteiger partial charge >= 0.3 is 7.12 Å². The molecule has 0 N–H and O–H groups in total. The van der Waals surface area contributed by atoms with Crippen LogP contribution in [0.4, 0.5) is 0 Å². The molecule has 0 aromatic carbocycles. The molecule has 0 amide bonds. The van der Waals surface area contributed by atoms with Gasteiger partial charge in [0, 0.05) is 0 Å². The van der Waals surface area contributed by atoms with Crippen LogP contribution >= 0.6 is 0 Å². The van der Waals surface area contributed by atoms with Crippen molar-refractivity contribution >= 4 is 7.12 Å². The molecule has 0 spiro atoms. The highest BCUT2D eigenvalue weighted by Gasteiger charge is 2.39. The van der Waals surface area contributed by atoms with Gasteiger partial charge in [-0.3, -0.25) is 0 Å². The lowest BCUT2D eigenvalue weighted by Gasteiger charge is -2.19. The maximum atomic E-state index is 5.50. The van der Waals surface area contributed by atoms with E-state index in [9.17, 15) is 0 Å². The number of hydrogen-bond acceptors (Lipinski definition) is 2. The van der Waals surface area contributed by atoms with E-state index < -0.39 is 0 Å². The van der Waals surface area contributed by atoms with Crippen LogP contribution in [-0.2, 0) is 9.31 Å². The average molecular weight is 142 g/mol. The van der Waals surface area contributed by atoms with E-state index in [0.717, 1.165) is 6.61 Å². The highest BCUT2D eigenvalue weighted by molar-refractivity contribution is 6.48. The van der Waals surface area contributed by atoms with Gasteiger partial charge in [-0.05, 0) is 12.2 Å². The highest BCUT2D eigenvalue weighted by atomic mass is 16.6. The Bertz CT molecular complexity index is 119. The Morgan fingerprint density at radius 3 is 2.20 bits per heavy atom. The first kappa shape index (κ1) is 8.09. The second-order valence-electron chi connectivity index (χ2n) is 3.98. The Kier molecular flexibility index (Phi) is 2.06. The summed E-state index contributed by atoms with van der Waals surface area (Å²) in [4.78, 5) is 0. The smallest absolute Gasteiger partial charge is 0.408 e. The van der Waals surface area contributed by atoms with Crippen LogP contribution in [0.3, 0.4) is 0 Å². The zero-order valence-electron chi connectivity index (χ0n) is 7.18. The summed E-state index contributed by atoms with van der Waals surface area (Å²) in [7, 11) is -0.0116. The molecule has 10 heavy (non-hydrogen) atoms. The van der Waals surface area contributed by atoms with Crippen molar-refractivity contribution in [2.45, 2.75) is 39.1 Å². The molecule has 1 atom stereocenters. The van der Waals surface area contributed by atoms with Crippen molar-refractivity contribution < 1.29 is 9.31 Å². The summed E-state index contributed by atoms with van der Waals surface area (Å²) < 4.78 is 10.9. The molecular weight excluding hydrogens is 127 g/mol. The van der Waals surface area contributed by atoms with Crippen LogP contribution in [0.1, 0.15) is 27.7 Å². The summed E-state index contributed by atoms with van der Waals surface area (Å²) >= 11 is 0. The molecule has 58 valence electrons. The van der Waals surface area contributed by atoms with Crippen molar-refractivity contribution in [3.05, 3.63) is 0 Å². The van der Waals surface area contributed by atoms with Crippen LogP contribution in [0.15, 0.2) is 0 Å². The quantitative estimate of drug-likeness (QED) is 0.479. The van der Waals surface area contributed by atoms with Crippen LogP contribution in [0.25, 0.3) is 0 Å². The summed E-state index contributed by atoms with van der Waals surface area (Å²) in [5.41, 5.74) is 0. The van der Waals surface area contributed by atoms with E-state index in [2.05, 4.69) is 20.8 Å². The van der Waals surface area contributed by atoms with Gasteiger partial charge in [0.25, 0.3) is 0 Å². The second-order valence-corrected chi connectivity index (χ2v) is 3.98. The molecule has 1 rings (SSSR count). The Labute approximate surface area is 63.0 Å². The Morgan fingerprint density at radius 2 is 2.00 bits per heavy atom. The van der Waals surface area contributed by atoms with E-state index in [1.54, 1.807) is 0 Å². The third-order valence-corrected chi connectivity index (χ3v) is 1.55. The zero-order valence-corrected chi connectivity index (χ0v) is 7.18. The lowest BCUT2D eigenvalue weighted by molar-refractivity contribution is 0.251. The largest absolute Gasteiger partial charge is 0.463 e. The third-order valence-electron chi connectivity index (χ3n) is 1.55. The molecule has 1 fully saturated rings. The van der Waals surface area contributed by atoms with Gasteiger partial charge in [-0.25, -0.2) is 0 Å². The van der Waals surface area contributed by atoms with Crippen LogP contribution < -0.4 is 0 Å². The predicted molar refractivity (Wildman–Crippen MR) is 42.0 cm³/mol. The summed E-state index contributed by atoms with van der Waals surface area (Å²) in [5, 5.41) is 0.116. The molecule has 1 aliphatic rings. The van der Waals surface area contributed by atoms with Crippen molar-refractivity contribution in [3.8, 4) is 0 Å². The number of rotatable bonds is 0. The molecule has 3 heteroatoms. The van der Waals surface area contributed by atoms with Gasteiger partial charge in [0.05, 0.1) is 12.7 Å². The zero-order chi connectivity index (χ0) is 7.78. The first-order valence-electron chi connectivity index (χ1n) is 3.77. The normalized spacial score (nSPS) is 27.6. The maximum Gasteiger partial charge on any atom is 0.463 e. The summed E-state index contributed by atoms with van der Waals surface area (Å²) in [5.74, 6) is 0. The van der Waals surface area contributed by atoms with E-state index in [0.29, 0.717) is 0 Å². The highest BCUT2D eigenvalue weighted by Crippen LogP contribution is 2.31.